The molecule has 3 heteroatoms. The second kappa shape index (κ2) is 12.5. The zero-order valence-corrected chi connectivity index (χ0v) is 23.5. The molecular weight excluding hydrogens is 546 g/mol. The molecular formula is C32H25Cl2Zr-. The second-order valence-corrected chi connectivity index (χ2v) is 9.61. The Morgan fingerprint density at radius 2 is 1.31 bits per heavy atom. The molecule has 0 N–H and O–H groups in total. The number of rotatable bonds is 3. The van der Waals surface area contributed by atoms with Crippen molar-refractivity contribution in [2.75, 3.05) is 0 Å². The third-order valence-corrected chi connectivity index (χ3v) is 7.64. The van der Waals surface area contributed by atoms with E-state index in [0.717, 1.165) is 6.42 Å². The van der Waals surface area contributed by atoms with E-state index in [9.17, 15) is 0 Å². The van der Waals surface area contributed by atoms with Gasteiger partial charge in [-0.1, -0.05) is 65.3 Å². The second-order valence-electron chi connectivity index (χ2n) is 8.38. The van der Waals surface area contributed by atoms with Crippen LogP contribution in [0.25, 0.3) is 27.1 Å². The van der Waals surface area contributed by atoms with Gasteiger partial charge in [-0.15, -0.1) is 33.7 Å². The molecule has 0 amide bonds. The third kappa shape index (κ3) is 5.87. The molecule has 0 heterocycles. The quantitative estimate of drug-likeness (QED) is 0.292. The van der Waals surface area contributed by atoms with Gasteiger partial charge in [0.25, 0.3) is 0 Å². The van der Waals surface area contributed by atoms with Gasteiger partial charge in [0, 0.05) is 0 Å². The van der Waals surface area contributed by atoms with E-state index in [1.54, 1.807) is 0 Å². The minimum atomic E-state index is 0. The van der Waals surface area contributed by atoms with Crippen molar-refractivity contribution in [2.24, 2.45) is 0 Å². The van der Waals surface area contributed by atoms with E-state index in [0.29, 0.717) is 0 Å². The van der Waals surface area contributed by atoms with Gasteiger partial charge >= 0.3 is 99.2 Å². The average molecular weight is 572 g/mol. The Hall–Kier alpha value is -2.44. The summed E-state index contributed by atoms with van der Waals surface area (Å²) in [5.41, 5.74) is 6.91. The van der Waals surface area contributed by atoms with Crippen molar-refractivity contribution in [1.29, 1.82) is 0 Å². The van der Waals surface area contributed by atoms with E-state index in [1.165, 1.54) is 76.8 Å². The number of hydrogen-bond donors (Lipinski definition) is 0. The maximum atomic E-state index is 2.34. The fourth-order valence-electron chi connectivity index (χ4n) is 4.57. The van der Waals surface area contributed by atoms with Crippen molar-refractivity contribution in [3.8, 4) is 0 Å². The Kier molecular flexibility index (Phi) is 9.70. The first-order valence-corrected chi connectivity index (χ1v) is 12.6. The summed E-state index contributed by atoms with van der Waals surface area (Å²) in [6.07, 6.45) is 7.70. The molecule has 0 aliphatic heterocycles. The summed E-state index contributed by atoms with van der Waals surface area (Å²) in [4.78, 5) is 0. The fraction of sp³-hybridized carbons (Fsp3) is 0.0625. The molecule has 0 saturated carbocycles. The van der Waals surface area contributed by atoms with Crippen LogP contribution in [0, 0.1) is 6.92 Å². The van der Waals surface area contributed by atoms with E-state index in [4.69, 9.17) is 0 Å². The van der Waals surface area contributed by atoms with Gasteiger partial charge in [-0.25, -0.2) is 0 Å². The minimum absolute atomic E-state index is 0. The first kappa shape index (κ1) is 27.2. The summed E-state index contributed by atoms with van der Waals surface area (Å²) in [5, 5.41) is 5.49. The van der Waals surface area contributed by atoms with Gasteiger partial charge in [0.1, 0.15) is 0 Å². The zero-order chi connectivity index (χ0) is 22.6. The van der Waals surface area contributed by atoms with Gasteiger partial charge in [-0.05, 0) is 13.3 Å². The molecule has 5 aromatic carbocycles. The fourth-order valence-corrected chi connectivity index (χ4v) is 5.39. The topological polar surface area (TPSA) is 0 Å². The van der Waals surface area contributed by atoms with E-state index in [2.05, 4.69) is 128 Å². The Labute approximate surface area is 234 Å². The molecule has 0 radical (unpaired) electrons. The van der Waals surface area contributed by atoms with Gasteiger partial charge in [-0.2, -0.15) is 0 Å². The van der Waals surface area contributed by atoms with Crippen molar-refractivity contribution >= 4 is 30.3 Å². The van der Waals surface area contributed by atoms with Gasteiger partial charge in [0.15, 0.2) is 0 Å². The molecule has 1 aliphatic rings. The van der Waals surface area contributed by atoms with Gasteiger partial charge in [0.05, 0.1) is 0 Å². The SMILES string of the molecule is Cc1ccc2c([cH-]c3ccccc32)c1C1=CC=CC1.[Cl-].[Cl-].[Zr+2]=[C](c1ccccc1)c1ccccc1. The van der Waals surface area contributed by atoms with E-state index < -0.39 is 0 Å². The van der Waals surface area contributed by atoms with Crippen molar-refractivity contribution in [1.82, 2.24) is 0 Å². The summed E-state index contributed by atoms with van der Waals surface area (Å²) >= 11 is 1.46. The molecule has 0 fully saturated rings. The van der Waals surface area contributed by atoms with Crippen molar-refractivity contribution < 1.29 is 49.0 Å². The number of allylic oxidation sites excluding steroid dienone is 4. The molecule has 0 nitrogen and oxygen atoms in total. The van der Waals surface area contributed by atoms with Crippen molar-refractivity contribution in [2.45, 2.75) is 13.3 Å². The van der Waals surface area contributed by atoms with Crippen LogP contribution in [0.1, 0.15) is 28.7 Å². The summed E-state index contributed by atoms with van der Waals surface area (Å²) < 4.78 is 1.42. The monoisotopic (exact) mass is 569 g/mol. The average Bonchev–Trinajstić information content (AvgIpc) is 3.53. The Morgan fingerprint density at radius 3 is 1.91 bits per heavy atom. The number of fused-ring (bicyclic) bond motifs is 3. The Morgan fingerprint density at radius 1 is 0.714 bits per heavy atom. The van der Waals surface area contributed by atoms with E-state index >= 15 is 0 Å². The molecule has 0 aromatic heterocycles. The third-order valence-electron chi connectivity index (χ3n) is 6.22. The van der Waals surface area contributed by atoms with E-state index in [1.807, 2.05) is 0 Å². The van der Waals surface area contributed by atoms with Crippen LogP contribution < -0.4 is 24.8 Å². The number of benzene rings is 4. The molecule has 0 bridgehead atoms. The molecule has 6 rings (SSSR count). The molecule has 5 aromatic rings. The molecule has 0 spiro atoms. The van der Waals surface area contributed by atoms with Crippen LogP contribution in [-0.4, -0.2) is 3.21 Å². The Bertz CT molecular complexity index is 1450. The van der Waals surface area contributed by atoms with Crippen LogP contribution in [0.5, 0.6) is 0 Å². The molecule has 0 unspecified atom stereocenters. The number of aryl methyl sites for hydroxylation is 1. The van der Waals surface area contributed by atoms with Crippen LogP contribution in [0.3, 0.4) is 0 Å². The Balaban J connectivity index is 0.000000193. The zero-order valence-electron chi connectivity index (χ0n) is 19.5. The summed E-state index contributed by atoms with van der Waals surface area (Å²) in [6, 6.07) is 36.6. The van der Waals surface area contributed by atoms with Gasteiger partial charge in [-0.3, -0.25) is 0 Å². The van der Waals surface area contributed by atoms with Crippen LogP contribution >= 0.6 is 0 Å². The molecule has 1 aliphatic carbocycles. The summed E-state index contributed by atoms with van der Waals surface area (Å²) in [7, 11) is 0. The summed E-state index contributed by atoms with van der Waals surface area (Å²) in [6.45, 7) is 2.21. The molecule has 0 saturated heterocycles. The van der Waals surface area contributed by atoms with Crippen molar-refractivity contribution in [3.05, 3.63) is 144 Å². The number of halogens is 2. The van der Waals surface area contributed by atoms with E-state index in [-0.39, 0.29) is 24.8 Å². The van der Waals surface area contributed by atoms with Crippen LogP contribution in [0.4, 0.5) is 0 Å². The summed E-state index contributed by atoms with van der Waals surface area (Å²) in [5.74, 6) is 0. The molecule has 172 valence electrons. The first-order chi connectivity index (χ1) is 16.2. The van der Waals surface area contributed by atoms with Gasteiger partial charge in [0.2, 0.25) is 0 Å². The molecule has 35 heavy (non-hydrogen) atoms. The normalized spacial score (nSPS) is 11.8. The molecule has 0 atom stereocenters. The van der Waals surface area contributed by atoms with Crippen LogP contribution in [0.15, 0.2) is 121 Å². The van der Waals surface area contributed by atoms with Crippen molar-refractivity contribution in [3.63, 3.8) is 0 Å². The predicted molar refractivity (Wildman–Crippen MR) is 140 cm³/mol. The predicted octanol–water partition coefficient (Wildman–Crippen LogP) is 2.17. The number of hydrogen-bond acceptors (Lipinski definition) is 0. The first-order valence-electron chi connectivity index (χ1n) is 11.4. The standard InChI is InChI=1S/C19H15.C13H10.2ClH.Zr/c1-13-10-11-17-16-9-5-4-8-15(16)12-18(17)19(13)14-6-2-3-7-14;1-3-7-12(8-4-1)11-13-9-5-2-6-10-13;;;/h2-6,8-12H,7H2,1H3;1-10H;2*1H;/q-1;;;;+2/p-2. The van der Waals surface area contributed by atoms with Gasteiger partial charge < -0.3 is 24.8 Å². The van der Waals surface area contributed by atoms with Crippen LogP contribution in [-0.2, 0) is 24.2 Å². The van der Waals surface area contributed by atoms with Crippen LogP contribution in [0.2, 0.25) is 0 Å². The maximum absolute atomic E-state index is 2.34.